The number of carbonyl (C=O) groups excluding carboxylic acids is 2. The first-order valence-electron chi connectivity index (χ1n) is 7.45. The molecule has 0 unspecified atom stereocenters. The molecule has 0 fully saturated rings. The van der Waals surface area contributed by atoms with Crippen LogP contribution in [0, 0.1) is 11.3 Å². The molecular weight excluding hydrogens is 338 g/mol. The van der Waals surface area contributed by atoms with Crippen LogP contribution >= 0.6 is 0 Å². The zero-order valence-corrected chi connectivity index (χ0v) is 14.5. The lowest BCUT2D eigenvalue weighted by Gasteiger charge is -2.14. The molecule has 0 saturated heterocycles. The minimum atomic E-state index is -0.887. The highest BCUT2D eigenvalue weighted by Gasteiger charge is 2.18. The molecule has 2 N–H and O–H groups in total. The maximum Gasteiger partial charge on any atom is 0.314 e. The molecule has 0 heterocycles. The summed E-state index contributed by atoms with van der Waals surface area (Å²) in [7, 11) is 4.34. The lowest BCUT2D eigenvalue weighted by atomic mass is 10.2. The van der Waals surface area contributed by atoms with Crippen molar-refractivity contribution in [3.63, 3.8) is 0 Å². The molecule has 8 heteroatoms. The highest BCUT2D eigenvalue weighted by Crippen LogP contribution is 2.39. The average Bonchev–Trinajstić information content (AvgIpc) is 2.67. The first kappa shape index (κ1) is 18.6. The fraction of sp³-hybridized carbons (Fsp3) is 0.167. The maximum atomic E-state index is 12.1. The molecular formula is C18H17N3O5. The molecule has 2 rings (SSSR count). The van der Waals surface area contributed by atoms with Crippen LogP contribution < -0.4 is 24.8 Å². The molecule has 8 nitrogen and oxygen atoms in total. The molecule has 2 aromatic carbocycles. The van der Waals surface area contributed by atoms with Crippen LogP contribution in [0.15, 0.2) is 36.4 Å². The van der Waals surface area contributed by atoms with Crippen LogP contribution in [0.5, 0.6) is 17.2 Å². The van der Waals surface area contributed by atoms with E-state index >= 15 is 0 Å². The molecule has 26 heavy (non-hydrogen) atoms. The fourth-order valence-corrected chi connectivity index (χ4v) is 2.20. The molecule has 0 radical (unpaired) electrons. The predicted octanol–water partition coefficient (Wildman–Crippen LogP) is 2.16. The summed E-state index contributed by atoms with van der Waals surface area (Å²) in [6, 6.07) is 11.2. The molecule has 0 aromatic heterocycles. The summed E-state index contributed by atoms with van der Waals surface area (Å²) < 4.78 is 15.6. The minimum Gasteiger partial charge on any atom is -0.493 e. The quantitative estimate of drug-likeness (QED) is 0.796. The lowest BCUT2D eigenvalue weighted by Crippen LogP contribution is -2.29. The average molecular weight is 355 g/mol. The van der Waals surface area contributed by atoms with E-state index < -0.39 is 11.8 Å². The standard InChI is InChI=1S/C18H17N3O5/c1-24-14-8-13(9-15(25-2)16(14)26-3)21-18(23)17(22)20-12-6-4-5-11(7-12)10-19/h4-9H,1-3H3,(H,20,22)(H,21,23). The SMILES string of the molecule is COc1cc(NC(=O)C(=O)Nc2cccc(C#N)c2)cc(OC)c1OC. The second kappa shape index (κ2) is 8.39. The fourth-order valence-electron chi connectivity index (χ4n) is 2.20. The van der Waals surface area contributed by atoms with Crippen LogP contribution in [0.25, 0.3) is 0 Å². The van der Waals surface area contributed by atoms with Gasteiger partial charge in [0.05, 0.1) is 33.0 Å². The number of ether oxygens (including phenoxy) is 3. The second-order valence-corrected chi connectivity index (χ2v) is 5.01. The third kappa shape index (κ3) is 4.21. The smallest absolute Gasteiger partial charge is 0.314 e. The van der Waals surface area contributed by atoms with Gasteiger partial charge in [0.15, 0.2) is 11.5 Å². The summed E-state index contributed by atoms with van der Waals surface area (Å²) in [6.45, 7) is 0. The molecule has 0 aliphatic rings. The number of methoxy groups -OCH3 is 3. The Labute approximate surface area is 150 Å². The Morgan fingerprint density at radius 1 is 0.885 bits per heavy atom. The Morgan fingerprint density at radius 3 is 1.96 bits per heavy atom. The molecule has 0 atom stereocenters. The van der Waals surface area contributed by atoms with Crippen molar-refractivity contribution in [3.05, 3.63) is 42.0 Å². The Balaban J connectivity index is 2.16. The summed E-state index contributed by atoms with van der Waals surface area (Å²) in [5.41, 5.74) is 1.01. The topological polar surface area (TPSA) is 110 Å². The van der Waals surface area contributed by atoms with Crippen molar-refractivity contribution >= 4 is 23.2 Å². The zero-order valence-electron chi connectivity index (χ0n) is 14.5. The molecule has 2 amide bonds. The number of nitrogens with zero attached hydrogens (tertiary/aromatic N) is 1. The van der Waals surface area contributed by atoms with Crippen molar-refractivity contribution in [2.45, 2.75) is 0 Å². The number of amides is 2. The molecule has 2 aromatic rings. The van der Waals surface area contributed by atoms with Crippen LogP contribution in [0.3, 0.4) is 0 Å². The number of nitriles is 1. The number of benzene rings is 2. The Bertz CT molecular complexity index is 848. The van der Waals surface area contributed by atoms with E-state index in [-0.39, 0.29) is 0 Å². The van der Waals surface area contributed by atoms with Crippen LogP contribution in [0.1, 0.15) is 5.56 Å². The normalized spacial score (nSPS) is 9.62. The van der Waals surface area contributed by atoms with Crippen LogP contribution in [0.2, 0.25) is 0 Å². The summed E-state index contributed by atoms with van der Waals surface area (Å²) in [6.07, 6.45) is 0. The van der Waals surface area contributed by atoms with Gasteiger partial charge < -0.3 is 24.8 Å². The van der Waals surface area contributed by atoms with E-state index in [1.807, 2.05) is 6.07 Å². The Kier molecular flexibility index (Phi) is 6.01. The van der Waals surface area contributed by atoms with Crippen LogP contribution in [0.4, 0.5) is 11.4 Å². The van der Waals surface area contributed by atoms with Crippen LogP contribution in [-0.2, 0) is 9.59 Å². The molecule has 134 valence electrons. The third-order valence-electron chi connectivity index (χ3n) is 3.38. The molecule has 0 aliphatic carbocycles. The van der Waals surface area contributed by atoms with Gasteiger partial charge in [0.25, 0.3) is 0 Å². The van der Waals surface area contributed by atoms with Crippen molar-refractivity contribution < 1.29 is 23.8 Å². The van der Waals surface area contributed by atoms with Crippen LogP contribution in [-0.4, -0.2) is 33.1 Å². The van der Waals surface area contributed by atoms with E-state index in [4.69, 9.17) is 19.5 Å². The van der Waals surface area contributed by atoms with E-state index in [1.54, 1.807) is 18.2 Å². The van der Waals surface area contributed by atoms with Gasteiger partial charge in [0, 0.05) is 23.5 Å². The largest absolute Gasteiger partial charge is 0.493 e. The minimum absolute atomic E-state index is 0.297. The number of rotatable bonds is 5. The molecule has 0 spiro atoms. The highest BCUT2D eigenvalue weighted by molar-refractivity contribution is 6.43. The van der Waals surface area contributed by atoms with E-state index in [2.05, 4.69) is 10.6 Å². The zero-order chi connectivity index (χ0) is 19.1. The van der Waals surface area contributed by atoms with Crippen molar-refractivity contribution in [2.75, 3.05) is 32.0 Å². The Hall–Kier alpha value is -3.73. The van der Waals surface area contributed by atoms with E-state index in [1.165, 1.54) is 39.5 Å². The van der Waals surface area contributed by atoms with Crippen molar-refractivity contribution in [1.82, 2.24) is 0 Å². The van der Waals surface area contributed by atoms with Gasteiger partial charge in [0.2, 0.25) is 5.75 Å². The van der Waals surface area contributed by atoms with Gasteiger partial charge in [-0.3, -0.25) is 9.59 Å². The highest BCUT2D eigenvalue weighted by atomic mass is 16.5. The number of nitrogens with one attached hydrogen (secondary N) is 2. The van der Waals surface area contributed by atoms with Gasteiger partial charge in [-0.15, -0.1) is 0 Å². The van der Waals surface area contributed by atoms with Crippen molar-refractivity contribution in [3.8, 4) is 23.3 Å². The molecule has 0 bridgehead atoms. The first-order valence-corrected chi connectivity index (χ1v) is 7.45. The van der Waals surface area contributed by atoms with E-state index in [0.29, 0.717) is 34.2 Å². The third-order valence-corrected chi connectivity index (χ3v) is 3.38. The first-order chi connectivity index (χ1) is 12.5. The monoisotopic (exact) mass is 355 g/mol. The number of hydrogen-bond donors (Lipinski definition) is 2. The number of carbonyl (C=O) groups is 2. The predicted molar refractivity (Wildman–Crippen MR) is 94.5 cm³/mol. The summed E-state index contributed by atoms with van der Waals surface area (Å²) >= 11 is 0. The van der Waals surface area contributed by atoms with Gasteiger partial charge in [-0.05, 0) is 18.2 Å². The maximum absolute atomic E-state index is 12.1. The van der Waals surface area contributed by atoms with E-state index in [0.717, 1.165) is 0 Å². The van der Waals surface area contributed by atoms with Gasteiger partial charge in [-0.1, -0.05) is 6.07 Å². The summed E-state index contributed by atoms with van der Waals surface area (Å²) in [5.74, 6) is -0.727. The van der Waals surface area contributed by atoms with Crippen molar-refractivity contribution in [2.24, 2.45) is 0 Å². The van der Waals surface area contributed by atoms with Gasteiger partial charge in [-0.25, -0.2) is 0 Å². The summed E-state index contributed by atoms with van der Waals surface area (Å²) in [5, 5.41) is 13.8. The van der Waals surface area contributed by atoms with Gasteiger partial charge in [0.1, 0.15) is 0 Å². The van der Waals surface area contributed by atoms with Crippen molar-refractivity contribution in [1.29, 1.82) is 5.26 Å². The number of anilines is 2. The van der Waals surface area contributed by atoms with Gasteiger partial charge in [-0.2, -0.15) is 5.26 Å². The summed E-state index contributed by atoms with van der Waals surface area (Å²) in [4.78, 5) is 24.2. The van der Waals surface area contributed by atoms with E-state index in [9.17, 15) is 9.59 Å². The van der Waals surface area contributed by atoms with Gasteiger partial charge >= 0.3 is 11.8 Å². The molecule has 0 saturated carbocycles. The second-order valence-electron chi connectivity index (χ2n) is 5.01. The Morgan fingerprint density at radius 2 is 1.46 bits per heavy atom. The number of hydrogen-bond acceptors (Lipinski definition) is 6. The molecule has 0 aliphatic heterocycles. The lowest BCUT2D eigenvalue weighted by molar-refractivity contribution is -0.133.